The molecule has 2 aliphatic rings. The number of aromatic amines is 1. The first kappa shape index (κ1) is 23.2. The van der Waals surface area contributed by atoms with Crippen LogP contribution in [0, 0.1) is 13.8 Å². The van der Waals surface area contributed by atoms with E-state index in [-0.39, 0.29) is 5.91 Å². The molecular formula is C24H32BrN5O2. The topological polar surface area (TPSA) is 92.4 Å². The van der Waals surface area contributed by atoms with Gasteiger partial charge in [-0.05, 0) is 57.5 Å². The molecule has 0 radical (unpaired) electrons. The van der Waals surface area contributed by atoms with Crippen LogP contribution in [0.3, 0.4) is 0 Å². The minimum Gasteiger partial charge on any atom is -0.374 e. The number of carbonyl (C=O) groups is 1. The highest BCUT2D eigenvalue weighted by Crippen LogP contribution is 2.36. The SMILES string of the molecule is Cc1[nH]c(/C=C2\C(=O)Nc3ccc(Br)cc32)c(C)c1C(O)NCCN1CC(C)NC(C)C1. The third-order valence-electron chi connectivity index (χ3n) is 6.26. The van der Waals surface area contributed by atoms with Gasteiger partial charge in [0.05, 0.1) is 5.57 Å². The number of hydrogen-bond acceptors (Lipinski definition) is 5. The van der Waals surface area contributed by atoms with Crippen molar-refractivity contribution in [3.63, 3.8) is 0 Å². The molecular weight excluding hydrogens is 470 g/mol. The number of aryl methyl sites for hydroxylation is 1. The largest absolute Gasteiger partial charge is 0.374 e. The first-order valence-electron chi connectivity index (χ1n) is 11.1. The van der Waals surface area contributed by atoms with Gasteiger partial charge in [-0.25, -0.2) is 0 Å². The lowest BCUT2D eigenvalue weighted by molar-refractivity contribution is -0.110. The fraction of sp³-hybridized carbons (Fsp3) is 0.458. The molecule has 3 atom stereocenters. The van der Waals surface area contributed by atoms with E-state index in [4.69, 9.17) is 0 Å². The molecule has 32 heavy (non-hydrogen) atoms. The number of nitrogens with one attached hydrogen (secondary N) is 4. The van der Waals surface area contributed by atoms with Gasteiger partial charge in [-0.1, -0.05) is 15.9 Å². The molecule has 1 aromatic carbocycles. The highest BCUT2D eigenvalue weighted by molar-refractivity contribution is 9.10. The number of fused-ring (bicyclic) bond motifs is 1. The summed E-state index contributed by atoms with van der Waals surface area (Å²) in [5.41, 5.74) is 5.80. The second kappa shape index (κ2) is 9.49. The predicted molar refractivity (Wildman–Crippen MR) is 132 cm³/mol. The van der Waals surface area contributed by atoms with Crippen molar-refractivity contribution >= 4 is 39.2 Å². The van der Waals surface area contributed by atoms with E-state index in [0.717, 1.165) is 57.9 Å². The summed E-state index contributed by atoms with van der Waals surface area (Å²) in [5.74, 6) is -0.121. The highest BCUT2D eigenvalue weighted by atomic mass is 79.9. The number of aromatic nitrogens is 1. The number of carbonyl (C=O) groups excluding carboxylic acids is 1. The molecule has 2 aliphatic heterocycles. The summed E-state index contributed by atoms with van der Waals surface area (Å²) >= 11 is 3.48. The Morgan fingerprint density at radius 1 is 1.28 bits per heavy atom. The van der Waals surface area contributed by atoms with E-state index in [0.29, 0.717) is 24.2 Å². The fourth-order valence-electron chi connectivity index (χ4n) is 4.88. The molecule has 0 bridgehead atoms. The number of rotatable bonds is 6. The number of aliphatic hydroxyl groups excluding tert-OH is 1. The summed E-state index contributed by atoms with van der Waals surface area (Å²) in [7, 11) is 0. The summed E-state index contributed by atoms with van der Waals surface area (Å²) in [6, 6.07) is 6.70. The smallest absolute Gasteiger partial charge is 0.256 e. The Balaban J connectivity index is 1.47. The Bertz CT molecular complexity index is 1040. The van der Waals surface area contributed by atoms with Crippen molar-refractivity contribution in [1.29, 1.82) is 0 Å². The lowest BCUT2D eigenvalue weighted by Gasteiger charge is -2.36. The van der Waals surface area contributed by atoms with Crippen LogP contribution in [0.5, 0.6) is 0 Å². The minimum atomic E-state index is -0.769. The fourth-order valence-corrected chi connectivity index (χ4v) is 5.24. The van der Waals surface area contributed by atoms with Crippen molar-refractivity contribution in [1.82, 2.24) is 20.5 Å². The molecule has 3 heterocycles. The van der Waals surface area contributed by atoms with Gasteiger partial charge in [-0.2, -0.15) is 0 Å². The minimum absolute atomic E-state index is 0.121. The monoisotopic (exact) mass is 501 g/mol. The zero-order valence-electron chi connectivity index (χ0n) is 19.1. The average molecular weight is 502 g/mol. The van der Waals surface area contributed by atoms with Gasteiger partial charge in [0.25, 0.3) is 5.91 Å². The van der Waals surface area contributed by atoms with Gasteiger partial charge in [0, 0.05) is 70.9 Å². The quantitative estimate of drug-likeness (QED) is 0.309. The van der Waals surface area contributed by atoms with Gasteiger partial charge in [0.15, 0.2) is 0 Å². The normalized spacial score (nSPS) is 23.4. The van der Waals surface area contributed by atoms with Gasteiger partial charge in [0.2, 0.25) is 0 Å². The molecule has 0 spiro atoms. The van der Waals surface area contributed by atoms with Crippen LogP contribution in [0.25, 0.3) is 11.6 Å². The van der Waals surface area contributed by atoms with E-state index < -0.39 is 6.23 Å². The molecule has 1 saturated heterocycles. The van der Waals surface area contributed by atoms with Crippen LogP contribution in [0.1, 0.15) is 48.2 Å². The zero-order chi connectivity index (χ0) is 23.0. The Hall–Kier alpha value is -1.97. The van der Waals surface area contributed by atoms with Crippen molar-refractivity contribution in [2.75, 3.05) is 31.5 Å². The predicted octanol–water partition coefficient (Wildman–Crippen LogP) is 3.15. The van der Waals surface area contributed by atoms with Gasteiger partial charge >= 0.3 is 0 Å². The molecule has 2 aromatic rings. The second-order valence-electron chi connectivity index (χ2n) is 8.99. The maximum Gasteiger partial charge on any atom is 0.256 e. The van der Waals surface area contributed by atoms with E-state index in [1.165, 1.54) is 0 Å². The van der Waals surface area contributed by atoms with Gasteiger partial charge in [0.1, 0.15) is 6.23 Å². The van der Waals surface area contributed by atoms with Crippen molar-refractivity contribution in [2.24, 2.45) is 0 Å². The molecule has 7 nitrogen and oxygen atoms in total. The van der Waals surface area contributed by atoms with E-state index >= 15 is 0 Å². The Morgan fingerprint density at radius 3 is 2.72 bits per heavy atom. The molecule has 5 N–H and O–H groups in total. The summed E-state index contributed by atoms with van der Waals surface area (Å²) in [6.45, 7) is 12.0. The Kier molecular flexibility index (Phi) is 6.88. The van der Waals surface area contributed by atoms with Crippen LogP contribution >= 0.6 is 15.9 Å². The highest BCUT2D eigenvalue weighted by Gasteiger charge is 2.26. The van der Waals surface area contributed by atoms with E-state index in [9.17, 15) is 9.90 Å². The molecule has 0 aliphatic carbocycles. The first-order valence-corrected chi connectivity index (χ1v) is 11.9. The number of nitrogens with zero attached hydrogens (tertiary/aromatic N) is 1. The third-order valence-corrected chi connectivity index (χ3v) is 6.75. The van der Waals surface area contributed by atoms with Crippen LogP contribution < -0.4 is 16.0 Å². The van der Waals surface area contributed by atoms with Crippen molar-refractivity contribution in [3.05, 3.63) is 50.8 Å². The van der Waals surface area contributed by atoms with Crippen molar-refractivity contribution in [3.8, 4) is 0 Å². The number of hydrogen-bond donors (Lipinski definition) is 5. The lowest BCUT2D eigenvalue weighted by Crippen LogP contribution is -2.55. The molecule has 1 aromatic heterocycles. The molecule has 3 unspecified atom stereocenters. The summed E-state index contributed by atoms with van der Waals surface area (Å²) in [6.07, 6.45) is 1.10. The number of piperazine rings is 1. The van der Waals surface area contributed by atoms with E-state index in [1.807, 2.05) is 38.1 Å². The number of amides is 1. The number of anilines is 1. The lowest BCUT2D eigenvalue weighted by atomic mass is 10.0. The van der Waals surface area contributed by atoms with Gasteiger partial charge in [-0.3, -0.25) is 15.0 Å². The molecule has 4 rings (SSSR count). The maximum atomic E-state index is 12.5. The number of benzene rings is 1. The first-order chi connectivity index (χ1) is 15.2. The maximum absolute atomic E-state index is 12.5. The Labute approximate surface area is 197 Å². The summed E-state index contributed by atoms with van der Waals surface area (Å²) < 4.78 is 0.923. The number of aliphatic hydroxyl groups is 1. The van der Waals surface area contributed by atoms with Crippen molar-refractivity contribution in [2.45, 2.75) is 46.0 Å². The van der Waals surface area contributed by atoms with Gasteiger partial charge < -0.3 is 20.7 Å². The van der Waals surface area contributed by atoms with Gasteiger partial charge in [-0.15, -0.1) is 0 Å². The molecule has 0 saturated carbocycles. The van der Waals surface area contributed by atoms with Crippen molar-refractivity contribution < 1.29 is 9.90 Å². The molecule has 172 valence electrons. The van der Waals surface area contributed by atoms with Crippen LogP contribution in [0.4, 0.5) is 5.69 Å². The van der Waals surface area contributed by atoms with E-state index in [1.54, 1.807) is 0 Å². The number of halogens is 1. The summed E-state index contributed by atoms with van der Waals surface area (Å²) in [4.78, 5) is 18.3. The average Bonchev–Trinajstić information content (AvgIpc) is 3.16. The Morgan fingerprint density at radius 2 is 2.00 bits per heavy atom. The van der Waals surface area contributed by atoms with Crippen LogP contribution in [0.2, 0.25) is 0 Å². The third kappa shape index (κ3) is 4.84. The van der Waals surface area contributed by atoms with Crippen LogP contribution in [0.15, 0.2) is 22.7 Å². The zero-order valence-corrected chi connectivity index (χ0v) is 20.6. The standard InChI is InChI=1S/C24H32BrN5O2/c1-13-11-30(12-14(2)27-13)8-7-26-24(32)22-15(3)21(28-16(22)4)10-19-18-9-17(25)5-6-20(18)29-23(19)31/h5-6,9-10,13-14,24,26-28,32H,7-8,11-12H2,1-4H3,(H,29,31)/b19-10-. The summed E-state index contributed by atoms with van der Waals surface area (Å²) in [5, 5.41) is 20.6. The van der Waals surface area contributed by atoms with Crippen LogP contribution in [-0.2, 0) is 4.79 Å². The second-order valence-corrected chi connectivity index (χ2v) is 9.91. The van der Waals surface area contributed by atoms with E-state index in [2.05, 4.69) is 55.6 Å². The molecule has 1 fully saturated rings. The molecule has 1 amide bonds. The molecule has 8 heteroatoms. The van der Waals surface area contributed by atoms with Crippen LogP contribution in [-0.4, -0.2) is 59.2 Å². The number of H-pyrrole nitrogens is 1.